The van der Waals surface area contributed by atoms with Gasteiger partial charge in [0, 0.05) is 0 Å². The molecule has 3 aromatic rings. The molecule has 0 unspecified atom stereocenters. The summed E-state index contributed by atoms with van der Waals surface area (Å²) in [6, 6.07) is 15.3. The van der Waals surface area contributed by atoms with E-state index >= 15 is 0 Å². The van der Waals surface area contributed by atoms with Gasteiger partial charge in [-0.25, -0.2) is 4.98 Å². The maximum atomic E-state index is 9.16. The lowest BCUT2D eigenvalue weighted by molar-refractivity contribution is 0.415. The van der Waals surface area contributed by atoms with Crippen molar-refractivity contribution in [3.8, 4) is 11.8 Å². The lowest BCUT2D eigenvalue weighted by Gasteiger charge is -2.09. The minimum Gasteiger partial charge on any atom is -0.497 e. The Hall–Kier alpha value is -2.42. The van der Waals surface area contributed by atoms with Crippen molar-refractivity contribution in [3.05, 3.63) is 58.6 Å². The van der Waals surface area contributed by atoms with Crippen molar-refractivity contribution in [2.24, 2.45) is 5.73 Å². The molecule has 0 aliphatic rings. The van der Waals surface area contributed by atoms with Crippen LogP contribution < -0.4 is 10.5 Å². The number of hydrogen-bond acceptors (Lipinski definition) is 5. The summed E-state index contributed by atoms with van der Waals surface area (Å²) in [7, 11) is 1.65. The molecule has 0 aliphatic carbocycles. The number of nitriles is 1. The SMILES string of the molecule is COc1ccc2nc([C@@H](N)Cc3ccccc3C#N)sc2c1. The van der Waals surface area contributed by atoms with Crippen molar-refractivity contribution in [1.82, 2.24) is 4.98 Å². The zero-order chi connectivity index (χ0) is 15.5. The maximum absolute atomic E-state index is 9.16. The predicted octanol–water partition coefficient (Wildman–Crippen LogP) is 3.42. The highest BCUT2D eigenvalue weighted by Crippen LogP contribution is 2.30. The van der Waals surface area contributed by atoms with E-state index in [9.17, 15) is 0 Å². The molecular weight excluding hydrogens is 294 g/mol. The summed E-state index contributed by atoms with van der Waals surface area (Å²) in [5.41, 5.74) is 8.83. The first-order valence-electron chi connectivity index (χ1n) is 6.89. The average molecular weight is 309 g/mol. The molecule has 2 N–H and O–H groups in total. The fraction of sp³-hybridized carbons (Fsp3) is 0.176. The van der Waals surface area contributed by atoms with Gasteiger partial charge in [-0.1, -0.05) is 18.2 Å². The van der Waals surface area contributed by atoms with E-state index in [1.54, 1.807) is 18.4 Å². The van der Waals surface area contributed by atoms with Gasteiger partial charge in [0.15, 0.2) is 0 Å². The molecule has 1 heterocycles. The van der Waals surface area contributed by atoms with E-state index in [1.807, 2.05) is 42.5 Å². The van der Waals surface area contributed by atoms with Crippen LogP contribution in [0.4, 0.5) is 0 Å². The van der Waals surface area contributed by atoms with Gasteiger partial charge in [0.05, 0.1) is 35.0 Å². The molecule has 110 valence electrons. The molecule has 3 rings (SSSR count). The minimum atomic E-state index is -0.224. The zero-order valence-corrected chi connectivity index (χ0v) is 12.9. The van der Waals surface area contributed by atoms with E-state index < -0.39 is 0 Å². The summed E-state index contributed by atoms with van der Waals surface area (Å²) in [5.74, 6) is 0.811. The van der Waals surface area contributed by atoms with E-state index in [0.29, 0.717) is 12.0 Å². The van der Waals surface area contributed by atoms with Crippen LogP contribution in [0.2, 0.25) is 0 Å². The number of fused-ring (bicyclic) bond motifs is 1. The maximum Gasteiger partial charge on any atom is 0.120 e. The van der Waals surface area contributed by atoms with E-state index in [4.69, 9.17) is 15.7 Å². The van der Waals surface area contributed by atoms with Gasteiger partial charge >= 0.3 is 0 Å². The van der Waals surface area contributed by atoms with E-state index in [1.165, 1.54) is 0 Å². The van der Waals surface area contributed by atoms with Gasteiger partial charge in [-0.3, -0.25) is 0 Å². The second-order valence-corrected chi connectivity index (χ2v) is 6.03. The van der Waals surface area contributed by atoms with Crippen LogP contribution in [-0.2, 0) is 6.42 Å². The number of benzene rings is 2. The summed E-state index contributed by atoms with van der Waals surface area (Å²) in [5, 5.41) is 10.0. The Morgan fingerprint density at radius 3 is 2.91 bits per heavy atom. The van der Waals surface area contributed by atoms with Crippen molar-refractivity contribution >= 4 is 21.6 Å². The van der Waals surface area contributed by atoms with E-state index in [-0.39, 0.29) is 6.04 Å². The molecule has 22 heavy (non-hydrogen) atoms. The molecule has 1 atom stereocenters. The molecule has 0 aliphatic heterocycles. The number of methoxy groups -OCH3 is 1. The Bertz CT molecular complexity index is 850. The Labute approximate surface area is 132 Å². The van der Waals surface area contributed by atoms with Crippen LogP contribution in [0.15, 0.2) is 42.5 Å². The van der Waals surface area contributed by atoms with E-state index in [2.05, 4.69) is 11.1 Å². The third-order valence-electron chi connectivity index (χ3n) is 3.51. The van der Waals surface area contributed by atoms with Crippen molar-refractivity contribution in [2.45, 2.75) is 12.5 Å². The quantitative estimate of drug-likeness (QED) is 0.801. The van der Waals surface area contributed by atoms with Crippen molar-refractivity contribution in [1.29, 1.82) is 5.26 Å². The molecular formula is C17H15N3OS. The number of rotatable bonds is 4. The molecule has 4 nitrogen and oxygen atoms in total. The number of thiazole rings is 1. The van der Waals surface area contributed by atoms with Gasteiger partial charge in [0.25, 0.3) is 0 Å². The van der Waals surface area contributed by atoms with Gasteiger partial charge in [0.1, 0.15) is 10.8 Å². The lowest BCUT2D eigenvalue weighted by Crippen LogP contribution is -2.13. The third-order valence-corrected chi connectivity index (χ3v) is 4.66. The zero-order valence-electron chi connectivity index (χ0n) is 12.1. The number of nitrogens with two attached hydrogens (primary N) is 1. The first-order chi connectivity index (χ1) is 10.7. The topological polar surface area (TPSA) is 71.9 Å². The van der Waals surface area contributed by atoms with Crippen LogP contribution in [0.25, 0.3) is 10.2 Å². The lowest BCUT2D eigenvalue weighted by atomic mass is 10.0. The minimum absolute atomic E-state index is 0.224. The number of aromatic nitrogens is 1. The number of ether oxygens (including phenoxy) is 1. The number of nitrogens with zero attached hydrogens (tertiary/aromatic N) is 2. The summed E-state index contributed by atoms with van der Waals surface area (Å²) >= 11 is 1.57. The molecule has 0 spiro atoms. The normalized spacial score (nSPS) is 12.0. The second kappa shape index (κ2) is 6.14. The molecule has 0 bridgehead atoms. The molecule has 5 heteroatoms. The summed E-state index contributed by atoms with van der Waals surface area (Å²) in [6.07, 6.45) is 0.598. The standard InChI is InChI=1S/C17H15N3OS/c1-21-13-6-7-15-16(9-13)22-17(20-15)14(19)8-11-4-2-3-5-12(11)10-18/h2-7,9,14H,8,19H2,1H3/t14-/m0/s1. The Morgan fingerprint density at radius 1 is 1.32 bits per heavy atom. The Kier molecular flexibility index (Phi) is 4.05. The molecule has 0 fully saturated rings. The summed E-state index contributed by atoms with van der Waals surface area (Å²) in [6.45, 7) is 0. The average Bonchev–Trinajstić information content (AvgIpc) is 2.98. The summed E-state index contributed by atoms with van der Waals surface area (Å²) in [4.78, 5) is 4.59. The predicted molar refractivity (Wildman–Crippen MR) is 88.0 cm³/mol. The monoisotopic (exact) mass is 309 g/mol. The van der Waals surface area contributed by atoms with Gasteiger partial charge in [0.2, 0.25) is 0 Å². The first-order valence-corrected chi connectivity index (χ1v) is 7.71. The Balaban J connectivity index is 1.89. The van der Waals surface area contributed by atoms with Gasteiger partial charge in [-0.15, -0.1) is 11.3 Å². The van der Waals surface area contributed by atoms with Crippen LogP contribution in [0, 0.1) is 11.3 Å². The molecule has 0 saturated heterocycles. The van der Waals surface area contributed by atoms with Crippen LogP contribution in [0.3, 0.4) is 0 Å². The van der Waals surface area contributed by atoms with E-state index in [0.717, 1.165) is 26.5 Å². The van der Waals surface area contributed by atoms with Gasteiger partial charge < -0.3 is 10.5 Å². The fourth-order valence-corrected chi connectivity index (χ4v) is 3.34. The van der Waals surface area contributed by atoms with Crippen molar-refractivity contribution < 1.29 is 4.74 Å². The van der Waals surface area contributed by atoms with Crippen LogP contribution >= 0.6 is 11.3 Å². The second-order valence-electron chi connectivity index (χ2n) is 4.97. The smallest absolute Gasteiger partial charge is 0.120 e. The number of hydrogen-bond donors (Lipinski definition) is 1. The van der Waals surface area contributed by atoms with Crippen LogP contribution in [-0.4, -0.2) is 12.1 Å². The molecule has 0 amide bonds. The highest BCUT2D eigenvalue weighted by Gasteiger charge is 2.15. The van der Waals surface area contributed by atoms with Crippen LogP contribution in [0.1, 0.15) is 22.2 Å². The highest BCUT2D eigenvalue weighted by atomic mass is 32.1. The molecule has 0 saturated carbocycles. The Morgan fingerprint density at radius 2 is 2.14 bits per heavy atom. The molecule has 2 aromatic carbocycles. The molecule has 0 radical (unpaired) electrons. The summed E-state index contributed by atoms with van der Waals surface area (Å²) < 4.78 is 6.28. The van der Waals surface area contributed by atoms with Crippen molar-refractivity contribution in [3.63, 3.8) is 0 Å². The van der Waals surface area contributed by atoms with Gasteiger partial charge in [-0.2, -0.15) is 5.26 Å². The first kappa shape index (κ1) is 14.5. The van der Waals surface area contributed by atoms with Crippen molar-refractivity contribution in [2.75, 3.05) is 7.11 Å². The largest absolute Gasteiger partial charge is 0.497 e. The van der Waals surface area contributed by atoms with Crippen LogP contribution in [0.5, 0.6) is 5.75 Å². The fourth-order valence-electron chi connectivity index (χ4n) is 2.34. The van der Waals surface area contributed by atoms with Gasteiger partial charge in [-0.05, 0) is 36.2 Å². The third kappa shape index (κ3) is 2.80. The highest BCUT2D eigenvalue weighted by molar-refractivity contribution is 7.18. The molecule has 1 aromatic heterocycles.